The van der Waals surface area contributed by atoms with Gasteiger partial charge >= 0.3 is 6.03 Å². The molecule has 2 N–H and O–H groups in total. The molecule has 0 bridgehead atoms. The van der Waals surface area contributed by atoms with Crippen LogP contribution in [0.5, 0.6) is 0 Å². The molecule has 28 heavy (non-hydrogen) atoms. The summed E-state index contributed by atoms with van der Waals surface area (Å²) in [5, 5.41) is 9.45. The van der Waals surface area contributed by atoms with Crippen LogP contribution in [0.4, 0.5) is 10.6 Å². The molecule has 144 valence electrons. The molecule has 2 amide bonds. The van der Waals surface area contributed by atoms with E-state index in [1.807, 2.05) is 25.1 Å². The van der Waals surface area contributed by atoms with E-state index in [0.29, 0.717) is 42.1 Å². The Morgan fingerprint density at radius 1 is 1.43 bits per heavy atom. The van der Waals surface area contributed by atoms with Crippen LogP contribution >= 0.6 is 0 Å². The van der Waals surface area contributed by atoms with E-state index in [2.05, 4.69) is 30.7 Å². The molecular weight excluding hydrogens is 358 g/mol. The molecule has 4 rings (SSSR count). The van der Waals surface area contributed by atoms with Crippen molar-refractivity contribution in [3.8, 4) is 11.3 Å². The quantitative estimate of drug-likeness (QED) is 0.485. The Hall–Kier alpha value is -3.49. The van der Waals surface area contributed by atoms with Crippen molar-refractivity contribution >= 4 is 23.7 Å². The van der Waals surface area contributed by atoms with Crippen LogP contribution in [0.2, 0.25) is 0 Å². The number of urea groups is 1. The van der Waals surface area contributed by atoms with Crippen molar-refractivity contribution in [1.82, 2.24) is 24.7 Å². The van der Waals surface area contributed by atoms with Crippen molar-refractivity contribution in [1.29, 1.82) is 0 Å². The summed E-state index contributed by atoms with van der Waals surface area (Å²) < 4.78 is 1.76. The lowest BCUT2D eigenvalue weighted by atomic mass is 10.2. The second kappa shape index (κ2) is 8.03. The van der Waals surface area contributed by atoms with Gasteiger partial charge in [-0.25, -0.2) is 14.8 Å². The number of nitrogens with one attached hydrogen (secondary N) is 2. The van der Waals surface area contributed by atoms with E-state index in [9.17, 15) is 4.79 Å². The van der Waals surface area contributed by atoms with E-state index in [0.717, 1.165) is 5.56 Å². The Morgan fingerprint density at radius 2 is 2.32 bits per heavy atom. The standard InChI is InChI=1S/C19H21N7O2/c1-2-21-19(27)25-16-11-26-17(24-16)8-15(14-4-3-7-20-9-14)23-18(26)10-22-28-12-13-5-6-13/h3-4,7-11,13H,2,5-6,12H2,1H3,(H2,21,25,27)/b22-10+. The molecule has 9 nitrogen and oxygen atoms in total. The SMILES string of the molecule is CCNC(=O)Nc1cn2c(/C=N/OCC3CC3)nc(-c3cccnc3)cc2n1. The molecule has 0 saturated heterocycles. The Balaban J connectivity index is 1.67. The zero-order valence-electron chi connectivity index (χ0n) is 15.5. The van der Waals surface area contributed by atoms with Gasteiger partial charge in [0.1, 0.15) is 18.5 Å². The first kappa shape index (κ1) is 17.9. The Labute approximate surface area is 161 Å². The number of nitrogens with zero attached hydrogens (tertiary/aromatic N) is 5. The maximum atomic E-state index is 11.8. The molecule has 0 aromatic carbocycles. The topological polar surface area (TPSA) is 106 Å². The number of aromatic nitrogens is 4. The fourth-order valence-electron chi connectivity index (χ4n) is 2.66. The van der Waals surface area contributed by atoms with E-state index in [1.165, 1.54) is 12.8 Å². The van der Waals surface area contributed by atoms with Crippen LogP contribution in [0.25, 0.3) is 16.9 Å². The van der Waals surface area contributed by atoms with Crippen LogP contribution in [0.3, 0.4) is 0 Å². The van der Waals surface area contributed by atoms with Crippen molar-refractivity contribution in [2.75, 3.05) is 18.5 Å². The molecule has 3 aromatic rings. The largest absolute Gasteiger partial charge is 0.395 e. The number of hydrogen-bond donors (Lipinski definition) is 2. The summed E-state index contributed by atoms with van der Waals surface area (Å²) in [6.07, 6.45) is 9.11. The molecule has 1 fully saturated rings. The Morgan fingerprint density at radius 3 is 3.07 bits per heavy atom. The lowest BCUT2D eigenvalue weighted by Crippen LogP contribution is -2.28. The number of rotatable bonds is 7. The smallest absolute Gasteiger partial charge is 0.320 e. The number of carbonyl (C=O) groups is 1. The second-order valence-corrected chi connectivity index (χ2v) is 6.55. The third-order valence-electron chi connectivity index (χ3n) is 4.27. The molecule has 0 unspecified atom stereocenters. The lowest BCUT2D eigenvalue weighted by Gasteiger charge is -2.04. The van der Waals surface area contributed by atoms with Crippen LogP contribution in [0.1, 0.15) is 25.6 Å². The van der Waals surface area contributed by atoms with Crippen LogP contribution in [-0.4, -0.2) is 44.7 Å². The van der Waals surface area contributed by atoms with E-state index < -0.39 is 0 Å². The lowest BCUT2D eigenvalue weighted by molar-refractivity contribution is 0.135. The van der Waals surface area contributed by atoms with Crippen molar-refractivity contribution in [3.63, 3.8) is 0 Å². The molecule has 3 heterocycles. The van der Waals surface area contributed by atoms with Gasteiger partial charge in [0.05, 0.1) is 11.9 Å². The highest BCUT2D eigenvalue weighted by atomic mass is 16.6. The molecule has 0 radical (unpaired) electrons. The summed E-state index contributed by atoms with van der Waals surface area (Å²) in [6.45, 7) is 3.00. The van der Waals surface area contributed by atoms with Gasteiger partial charge in [-0.15, -0.1) is 0 Å². The number of oxime groups is 1. The molecule has 0 aliphatic heterocycles. The average Bonchev–Trinajstić information content (AvgIpc) is 3.44. The maximum absolute atomic E-state index is 11.8. The predicted molar refractivity (Wildman–Crippen MR) is 105 cm³/mol. The summed E-state index contributed by atoms with van der Waals surface area (Å²) in [4.78, 5) is 30.4. The van der Waals surface area contributed by atoms with E-state index >= 15 is 0 Å². The molecule has 1 saturated carbocycles. The van der Waals surface area contributed by atoms with E-state index in [-0.39, 0.29) is 6.03 Å². The van der Waals surface area contributed by atoms with Crippen molar-refractivity contribution < 1.29 is 9.63 Å². The summed E-state index contributed by atoms with van der Waals surface area (Å²) in [5.41, 5.74) is 2.20. The number of carbonyl (C=O) groups excluding carboxylic acids is 1. The first-order valence-corrected chi connectivity index (χ1v) is 9.23. The molecule has 3 aromatic heterocycles. The highest BCUT2D eigenvalue weighted by molar-refractivity contribution is 5.89. The van der Waals surface area contributed by atoms with Gasteiger partial charge in [0.15, 0.2) is 11.6 Å². The number of imidazole rings is 1. The first-order chi connectivity index (χ1) is 13.7. The number of hydrogen-bond acceptors (Lipinski definition) is 6. The van der Waals surface area contributed by atoms with Crippen LogP contribution < -0.4 is 10.6 Å². The minimum Gasteiger partial charge on any atom is -0.395 e. The highest BCUT2D eigenvalue weighted by Crippen LogP contribution is 2.28. The van der Waals surface area contributed by atoms with Crippen molar-refractivity contribution in [2.24, 2.45) is 11.1 Å². The molecule has 0 spiro atoms. The number of amides is 2. The summed E-state index contributed by atoms with van der Waals surface area (Å²) in [7, 11) is 0. The van der Waals surface area contributed by atoms with Gasteiger partial charge in [-0.1, -0.05) is 5.16 Å². The van der Waals surface area contributed by atoms with E-state index in [4.69, 9.17) is 4.84 Å². The Kier molecular flexibility index (Phi) is 5.14. The zero-order chi connectivity index (χ0) is 19.3. The van der Waals surface area contributed by atoms with Crippen LogP contribution in [0, 0.1) is 5.92 Å². The monoisotopic (exact) mass is 379 g/mol. The summed E-state index contributed by atoms with van der Waals surface area (Å²) in [6, 6.07) is 5.30. The molecule has 0 atom stereocenters. The van der Waals surface area contributed by atoms with Gasteiger partial charge in [-0.2, -0.15) is 0 Å². The van der Waals surface area contributed by atoms with Gasteiger partial charge in [0, 0.05) is 30.6 Å². The first-order valence-electron chi connectivity index (χ1n) is 9.23. The molecule has 9 heteroatoms. The van der Waals surface area contributed by atoms with Crippen LogP contribution in [0.15, 0.2) is 41.9 Å². The average molecular weight is 379 g/mol. The summed E-state index contributed by atoms with van der Waals surface area (Å²) >= 11 is 0. The van der Waals surface area contributed by atoms with Gasteiger partial charge in [0.2, 0.25) is 0 Å². The van der Waals surface area contributed by atoms with Gasteiger partial charge in [-0.05, 0) is 37.8 Å². The summed E-state index contributed by atoms with van der Waals surface area (Å²) in [5.74, 6) is 1.58. The number of anilines is 1. The van der Waals surface area contributed by atoms with E-state index in [1.54, 1.807) is 29.2 Å². The minimum atomic E-state index is -0.311. The highest BCUT2D eigenvalue weighted by Gasteiger charge is 2.21. The van der Waals surface area contributed by atoms with Gasteiger partial charge in [-0.3, -0.25) is 14.7 Å². The predicted octanol–water partition coefficient (Wildman–Crippen LogP) is 2.69. The zero-order valence-corrected chi connectivity index (χ0v) is 15.5. The second-order valence-electron chi connectivity index (χ2n) is 6.55. The third-order valence-corrected chi connectivity index (χ3v) is 4.27. The van der Waals surface area contributed by atoms with Crippen LogP contribution in [-0.2, 0) is 4.84 Å². The Bertz CT molecular complexity index is 996. The minimum absolute atomic E-state index is 0.311. The van der Waals surface area contributed by atoms with Crippen molar-refractivity contribution in [2.45, 2.75) is 19.8 Å². The fraction of sp³-hybridized carbons (Fsp3) is 0.316. The van der Waals surface area contributed by atoms with Gasteiger partial charge in [0.25, 0.3) is 0 Å². The maximum Gasteiger partial charge on any atom is 0.320 e. The van der Waals surface area contributed by atoms with Gasteiger partial charge < -0.3 is 10.2 Å². The molecular formula is C19H21N7O2. The normalized spacial score (nSPS) is 13.8. The number of pyridine rings is 1. The van der Waals surface area contributed by atoms with Crippen molar-refractivity contribution in [3.05, 3.63) is 42.6 Å². The molecule has 1 aliphatic rings. The number of fused-ring (bicyclic) bond motifs is 1. The third kappa shape index (κ3) is 4.25. The molecule has 1 aliphatic carbocycles. The fourth-order valence-corrected chi connectivity index (χ4v) is 2.66.